The topological polar surface area (TPSA) is 20.3 Å². The normalized spacial score (nSPS) is 14.1. The van der Waals surface area contributed by atoms with Gasteiger partial charge in [0.25, 0.3) is 0 Å². The number of rotatable bonds is 3. The van der Waals surface area contributed by atoms with Crippen molar-refractivity contribution in [2.45, 2.75) is 36.5 Å². The summed E-state index contributed by atoms with van der Waals surface area (Å²) in [6, 6.07) is 15.0. The zero-order valence-electron chi connectivity index (χ0n) is 14.6. The summed E-state index contributed by atoms with van der Waals surface area (Å²) >= 11 is 6.34. The lowest BCUT2D eigenvalue weighted by Crippen LogP contribution is -2.35. The molecule has 0 N–H and O–H groups in total. The van der Waals surface area contributed by atoms with Gasteiger partial charge in [-0.2, -0.15) is 0 Å². The SMILES string of the molecule is Cc1ccc(Sc2ccccc2N2CCCC(=O)C2)c(C)c1.ICI. The number of carbonyl (C=O) groups excluding carboxylic acids is 1. The molecular weight excluding hydrogens is 556 g/mol. The molecule has 1 saturated heterocycles. The Kier molecular flexibility index (Phi) is 9.06. The maximum absolute atomic E-state index is 11.8. The minimum Gasteiger partial charge on any atom is -0.363 e. The number of Topliss-reactive ketones (excluding diaryl/α,β-unsaturated/α-hetero) is 1. The van der Waals surface area contributed by atoms with Crippen LogP contribution in [0.3, 0.4) is 0 Å². The van der Waals surface area contributed by atoms with E-state index in [4.69, 9.17) is 0 Å². The van der Waals surface area contributed by atoms with Crippen LogP contribution in [0.25, 0.3) is 0 Å². The predicted molar refractivity (Wildman–Crippen MR) is 126 cm³/mol. The lowest BCUT2D eigenvalue weighted by molar-refractivity contribution is -0.118. The Hall–Kier alpha value is -0.280. The highest BCUT2D eigenvalue weighted by Gasteiger charge is 2.19. The number of nitrogens with zero attached hydrogens (tertiary/aromatic N) is 1. The third kappa shape index (κ3) is 6.43. The highest BCUT2D eigenvalue weighted by molar-refractivity contribution is 14.2. The predicted octanol–water partition coefficient (Wildman–Crippen LogP) is 6.44. The van der Waals surface area contributed by atoms with Crippen molar-refractivity contribution in [3.8, 4) is 0 Å². The number of hydrogen-bond acceptors (Lipinski definition) is 3. The zero-order valence-corrected chi connectivity index (χ0v) is 19.7. The Morgan fingerprint density at radius 2 is 1.80 bits per heavy atom. The molecule has 1 aliphatic heterocycles. The summed E-state index contributed by atoms with van der Waals surface area (Å²) in [6.45, 7) is 5.79. The summed E-state index contributed by atoms with van der Waals surface area (Å²) in [4.78, 5) is 16.5. The average Bonchev–Trinajstić information content (AvgIpc) is 2.58. The molecule has 0 unspecified atom stereocenters. The third-order valence-electron chi connectivity index (χ3n) is 4.01. The lowest BCUT2D eigenvalue weighted by Gasteiger charge is -2.29. The van der Waals surface area contributed by atoms with Gasteiger partial charge in [0.2, 0.25) is 0 Å². The summed E-state index contributed by atoms with van der Waals surface area (Å²) < 4.78 is 1.19. The number of anilines is 1. The van der Waals surface area contributed by atoms with Gasteiger partial charge in [-0.15, -0.1) is 0 Å². The molecule has 1 heterocycles. The molecule has 1 aliphatic rings. The number of para-hydroxylation sites is 1. The fourth-order valence-electron chi connectivity index (χ4n) is 2.88. The van der Waals surface area contributed by atoms with Crippen LogP contribution in [0, 0.1) is 13.8 Å². The minimum atomic E-state index is 0.345. The molecule has 2 aromatic rings. The molecule has 0 amide bonds. The van der Waals surface area contributed by atoms with E-state index in [2.05, 4.69) is 106 Å². The fourth-order valence-corrected chi connectivity index (χ4v) is 3.92. The second-order valence-corrected chi connectivity index (χ2v) is 11.5. The van der Waals surface area contributed by atoms with Crippen LogP contribution in [0.4, 0.5) is 5.69 Å². The van der Waals surface area contributed by atoms with Crippen molar-refractivity contribution in [3.63, 3.8) is 0 Å². The van der Waals surface area contributed by atoms with E-state index < -0.39 is 0 Å². The standard InChI is InChI=1S/C19H21NOS.CH2I2/c1-14-9-10-18(15(2)12-14)22-19-8-4-3-7-17(19)20-11-5-6-16(21)13-20;2-1-3/h3-4,7-10,12H,5-6,11,13H2,1-2H3;1H2. The van der Waals surface area contributed by atoms with Gasteiger partial charge in [0, 0.05) is 22.8 Å². The Labute approximate surface area is 182 Å². The molecule has 25 heavy (non-hydrogen) atoms. The highest BCUT2D eigenvalue weighted by atomic mass is 127. The Bertz CT molecular complexity index is 721. The second kappa shape index (κ2) is 10.8. The van der Waals surface area contributed by atoms with Crippen molar-refractivity contribution in [3.05, 3.63) is 53.6 Å². The van der Waals surface area contributed by atoms with Crippen LogP contribution in [0.5, 0.6) is 0 Å². The van der Waals surface area contributed by atoms with E-state index in [-0.39, 0.29) is 0 Å². The number of aryl methyl sites for hydroxylation is 2. The first-order valence-corrected chi connectivity index (χ1v) is 12.1. The number of piperidine rings is 1. The van der Waals surface area contributed by atoms with Crippen LogP contribution in [0.2, 0.25) is 0 Å². The number of hydrogen-bond donors (Lipinski definition) is 0. The molecule has 0 spiro atoms. The van der Waals surface area contributed by atoms with Gasteiger partial charge in [-0.1, -0.05) is 86.8 Å². The maximum atomic E-state index is 11.8. The Balaban J connectivity index is 0.000000701. The molecular formula is C20H23I2NOS. The molecule has 5 heteroatoms. The number of halogens is 2. The Morgan fingerprint density at radius 3 is 2.48 bits per heavy atom. The van der Waals surface area contributed by atoms with Crippen LogP contribution in [-0.2, 0) is 4.79 Å². The van der Waals surface area contributed by atoms with Crippen molar-refractivity contribution < 1.29 is 4.79 Å². The van der Waals surface area contributed by atoms with E-state index in [1.165, 1.54) is 29.0 Å². The quantitative estimate of drug-likeness (QED) is 0.309. The molecule has 2 nitrogen and oxygen atoms in total. The minimum absolute atomic E-state index is 0.345. The lowest BCUT2D eigenvalue weighted by atomic mass is 10.1. The van der Waals surface area contributed by atoms with Gasteiger partial charge in [-0.25, -0.2) is 0 Å². The van der Waals surface area contributed by atoms with Crippen LogP contribution in [-0.4, -0.2) is 21.3 Å². The highest BCUT2D eigenvalue weighted by Crippen LogP contribution is 2.37. The monoisotopic (exact) mass is 579 g/mol. The first-order chi connectivity index (χ1) is 12.0. The summed E-state index contributed by atoms with van der Waals surface area (Å²) in [5.74, 6) is 0.345. The summed E-state index contributed by atoms with van der Waals surface area (Å²) in [7, 11) is 0. The molecule has 0 saturated carbocycles. The first kappa shape index (κ1) is 21.0. The average molecular weight is 579 g/mol. The largest absolute Gasteiger partial charge is 0.363 e. The zero-order chi connectivity index (χ0) is 18.2. The van der Waals surface area contributed by atoms with E-state index in [0.717, 1.165) is 19.4 Å². The van der Waals surface area contributed by atoms with Crippen LogP contribution in [0.15, 0.2) is 52.3 Å². The molecule has 0 radical (unpaired) electrons. The van der Waals surface area contributed by atoms with Gasteiger partial charge < -0.3 is 4.90 Å². The summed E-state index contributed by atoms with van der Waals surface area (Å²) in [5, 5.41) is 0. The van der Waals surface area contributed by atoms with Crippen molar-refractivity contribution in [2.24, 2.45) is 0 Å². The maximum Gasteiger partial charge on any atom is 0.152 e. The molecule has 0 bridgehead atoms. The molecule has 134 valence electrons. The summed E-state index contributed by atoms with van der Waals surface area (Å²) in [6.07, 6.45) is 1.68. The van der Waals surface area contributed by atoms with E-state index in [1.807, 2.05) is 0 Å². The van der Waals surface area contributed by atoms with Gasteiger partial charge in [0.15, 0.2) is 5.78 Å². The van der Waals surface area contributed by atoms with Crippen molar-refractivity contribution in [2.75, 3.05) is 20.4 Å². The molecule has 3 rings (SSSR count). The van der Waals surface area contributed by atoms with Crippen molar-refractivity contribution >= 4 is 68.4 Å². The smallest absolute Gasteiger partial charge is 0.152 e. The van der Waals surface area contributed by atoms with E-state index >= 15 is 0 Å². The van der Waals surface area contributed by atoms with Crippen LogP contribution in [0.1, 0.15) is 24.0 Å². The van der Waals surface area contributed by atoms with Crippen LogP contribution >= 0.6 is 56.9 Å². The summed E-state index contributed by atoms with van der Waals surface area (Å²) in [5.41, 5.74) is 3.77. The van der Waals surface area contributed by atoms with Crippen molar-refractivity contribution in [1.82, 2.24) is 0 Å². The molecule has 0 atom stereocenters. The molecule has 1 fully saturated rings. The van der Waals surface area contributed by atoms with Gasteiger partial charge in [0.1, 0.15) is 0 Å². The van der Waals surface area contributed by atoms with E-state index in [9.17, 15) is 4.79 Å². The third-order valence-corrected chi connectivity index (χ3v) is 5.25. The second-order valence-electron chi connectivity index (χ2n) is 6.00. The molecule has 0 aromatic heterocycles. The van der Waals surface area contributed by atoms with Gasteiger partial charge in [-0.05, 0) is 44.0 Å². The fraction of sp³-hybridized carbons (Fsp3) is 0.350. The molecule has 2 aromatic carbocycles. The number of ketones is 1. The first-order valence-electron chi connectivity index (χ1n) is 8.28. The number of benzene rings is 2. The van der Waals surface area contributed by atoms with E-state index in [0.29, 0.717) is 12.3 Å². The van der Waals surface area contributed by atoms with E-state index in [1.54, 1.807) is 11.8 Å². The molecule has 0 aliphatic carbocycles. The van der Waals surface area contributed by atoms with Gasteiger partial charge in [-0.3, -0.25) is 4.79 Å². The Morgan fingerprint density at radius 1 is 1.08 bits per heavy atom. The van der Waals surface area contributed by atoms with Crippen molar-refractivity contribution in [1.29, 1.82) is 0 Å². The van der Waals surface area contributed by atoms with Gasteiger partial charge in [0.05, 0.1) is 14.7 Å². The number of alkyl halides is 2. The number of carbonyl (C=O) groups is 1. The van der Waals surface area contributed by atoms with Crippen LogP contribution < -0.4 is 4.90 Å². The van der Waals surface area contributed by atoms with Gasteiger partial charge >= 0.3 is 0 Å².